The molecule has 0 fully saturated rings. The molecule has 1 amide bonds. The molecule has 0 aromatic heterocycles. The molecule has 94 valence electrons. The van der Waals surface area contributed by atoms with Crippen molar-refractivity contribution < 1.29 is 13.9 Å². The highest BCUT2D eigenvalue weighted by atomic mass is 35.5. The smallest absolute Gasteiger partial charge is 0.240 e. The third-order valence-electron chi connectivity index (χ3n) is 2.35. The molecule has 0 saturated heterocycles. The lowest BCUT2D eigenvalue weighted by molar-refractivity contribution is -0.129. The van der Waals surface area contributed by atoms with Crippen LogP contribution in [0.25, 0.3) is 0 Å². The van der Waals surface area contributed by atoms with E-state index in [1.807, 2.05) is 0 Å². The van der Waals surface area contributed by atoms with E-state index in [0.717, 1.165) is 0 Å². The van der Waals surface area contributed by atoms with Gasteiger partial charge in [-0.3, -0.25) is 4.79 Å². The fourth-order valence-electron chi connectivity index (χ4n) is 1.46. The Morgan fingerprint density at radius 2 is 2.24 bits per heavy atom. The predicted molar refractivity (Wildman–Crippen MR) is 64.7 cm³/mol. The first-order valence-electron chi connectivity index (χ1n) is 5.17. The van der Waals surface area contributed by atoms with E-state index in [1.165, 1.54) is 24.1 Å². The molecule has 17 heavy (non-hydrogen) atoms. The summed E-state index contributed by atoms with van der Waals surface area (Å²) >= 11 is 5.68. The zero-order valence-electron chi connectivity index (χ0n) is 10.0. The van der Waals surface area contributed by atoms with E-state index in [-0.39, 0.29) is 11.7 Å². The van der Waals surface area contributed by atoms with Gasteiger partial charge >= 0.3 is 0 Å². The summed E-state index contributed by atoms with van der Waals surface area (Å²) < 4.78 is 18.2. The Hall–Kier alpha value is -1.29. The van der Waals surface area contributed by atoms with Crippen LogP contribution in [0.15, 0.2) is 18.2 Å². The van der Waals surface area contributed by atoms with Crippen molar-refractivity contribution in [2.24, 2.45) is 0 Å². The molecule has 0 heterocycles. The fraction of sp³-hybridized carbons (Fsp3) is 0.417. The Kier molecular flexibility index (Phi) is 4.75. The summed E-state index contributed by atoms with van der Waals surface area (Å²) in [5, 5.41) is -0.580. The zero-order chi connectivity index (χ0) is 13.0. The summed E-state index contributed by atoms with van der Waals surface area (Å²) in [6, 6.07) is 4.60. The van der Waals surface area contributed by atoms with Crippen LogP contribution in [0, 0.1) is 5.82 Å². The molecule has 0 saturated carbocycles. The molecular weight excluding hydrogens is 245 g/mol. The first-order chi connectivity index (χ1) is 7.95. The molecule has 1 atom stereocenters. The zero-order valence-corrected chi connectivity index (χ0v) is 10.8. The van der Waals surface area contributed by atoms with Gasteiger partial charge in [-0.05, 0) is 24.6 Å². The summed E-state index contributed by atoms with van der Waals surface area (Å²) in [7, 11) is 3.03. The summed E-state index contributed by atoms with van der Waals surface area (Å²) in [6.07, 6.45) is 0. The summed E-state index contributed by atoms with van der Waals surface area (Å²) in [6.45, 7) is 1.92. The van der Waals surface area contributed by atoms with Gasteiger partial charge in [-0.25, -0.2) is 4.39 Å². The van der Waals surface area contributed by atoms with Gasteiger partial charge in [-0.1, -0.05) is 6.07 Å². The molecule has 1 aromatic rings. The van der Waals surface area contributed by atoms with Crippen LogP contribution in [-0.4, -0.2) is 30.3 Å². The van der Waals surface area contributed by atoms with Crippen LogP contribution < -0.4 is 4.74 Å². The lowest BCUT2D eigenvalue weighted by atomic mass is 10.2. The molecule has 0 bridgehead atoms. The van der Waals surface area contributed by atoms with Crippen molar-refractivity contribution >= 4 is 17.5 Å². The van der Waals surface area contributed by atoms with Crippen molar-refractivity contribution in [3.05, 3.63) is 29.6 Å². The van der Waals surface area contributed by atoms with Gasteiger partial charge < -0.3 is 9.64 Å². The second kappa shape index (κ2) is 5.87. The highest BCUT2D eigenvalue weighted by molar-refractivity contribution is 6.30. The molecule has 5 heteroatoms. The van der Waals surface area contributed by atoms with Crippen LogP contribution in [0.5, 0.6) is 5.75 Å². The Bertz CT molecular complexity index is 409. The van der Waals surface area contributed by atoms with Crippen molar-refractivity contribution in [1.29, 1.82) is 0 Å². The number of carbonyl (C=O) groups is 1. The van der Waals surface area contributed by atoms with Gasteiger partial charge in [0, 0.05) is 13.6 Å². The average molecular weight is 260 g/mol. The number of nitrogens with zero attached hydrogens (tertiary/aromatic N) is 1. The standard InChI is InChI=1S/C12H15ClFNO2/c1-8(13)12(16)15(2)7-9-4-5-11(17-3)10(14)6-9/h4-6,8H,7H2,1-3H3. The highest BCUT2D eigenvalue weighted by Gasteiger charge is 2.15. The summed E-state index contributed by atoms with van der Waals surface area (Å²) in [5.41, 5.74) is 0.691. The largest absolute Gasteiger partial charge is 0.494 e. The first kappa shape index (κ1) is 13.8. The molecule has 1 unspecified atom stereocenters. The van der Waals surface area contributed by atoms with E-state index in [0.29, 0.717) is 12.1 Å². The number of alkyl halides is 1. The Morgan fingerprint density at radius 1 is 1.59 bits per heavy atom. The maximum Gasteiger partial charge on any atom is 0.240 e. The van der Waals surface area contributed by atoms with Gasteiger partial charge in [0.15, 0.2) is 11.6 Å². The van der Waals surface area contributed by atoms with Gasteiger partial charge in [0.25, 0.3) is 0 Å². The van der Waals surface area contributed by atoms with E-state index in [4.69, 9.17) is 16.3 Å². The average Bonchev–Trinajstić information content (AvgIpc) is 2.28. The highest BCUT2D eigenvalue weighted by Crippen LogP contribution is 2.18. The number of benzene rings is 1. The molecule has 1 rings (SSSR count). The van der Waals surface area contributed by atoms with Crippen molar-refractivity contribution in [3.63, 3.8) is 0 Å². The normalized spacial score (nSPS) is 12.1. The molecule has 1 aromatic carbocycles. The minimum atomic E-state index is -0.580. The van der Waals surface area contributed by atoms with Crippen LogP contribution in [0.1, 0.15) is 12.5 Å². The summed E-state index contributed by atoms with van der Waals surface area (Å²) in [5.74, 6) is -0.443. The van der Waals surface area contributed by atoms with Crippen LogP contribution in [0.4, 0.5) is 4.39 Å². The Balaban J connectivity index is 2.75. The van der Waals surface area contributed by atoms with Gasteiger partial charge in [-0.2, -0.15) is 0 Å². The molecule has 0 spiro atoms. The maximum absolute atomic E-state index is 13.4. The second-order valence-electron chi connectivity index (χ2n) is 3.78. The lowest BCUT2D eigenvalue weighted by Crippen LogP contribution is -2.31. The molecule has 3 nitrogen and oxygen atoms in total. The van der Waals surface area contributed by atoms with Crippen molar-refractivity contribution in [2.45, 2.75) is 18.8 Å². The Labute approximate surface area is 105 Å². The van der Waals surface area contributed by atoms with Crippen LogP contribution in [-0.2, 0) is 11.3 Å². The molecule has 0 aliphatic rings. The number of ether oxygens (including phenoxy) is 1. The molecular formula is C12H15ClFNO2. The van der Waals surface area contributed by atoms with Gasteiger partial charge in [0.1, 0.15) is 5.38 Å². The quantitative estimate of drug-likeness (QED) is 0.778. The Morgan fingerprint density at radius 3 is 2.71 bits per heavy atom. The van der Waals surface area contributed by atoms with Crippen molar-refractivity contribution in [2.75, 3.05) is 14.2 Å². The van der Waals surface area contributed by atoms with E-state index in [1.54, 1.807) is 20.0 Å². The minimum Gasteiger partial charge on any atom is -0.494 e. The number of hydrogen-bond acceptors (Lipinski definition) is 2. The van der Waals surface area contributed by atoms with Gasteiger partial charge in [0.2, 0.25) is 5.91 Å². The molecule has 0 N–H and O–H groups in total. The third kappa shape index (κ3) is 3.60. The number of hydrogen-bond donors (Lipinski definition) is 0. The number of carbonyl (C=O) groups excluding carboxylic acids is 1. The number of halogens is 2. The SMILES string of the molecule is COc1ccc(CN(C)C(=O)C(C)Cl)cc1F. The molecule has 0 aliphatic heterocycles. The first-order valence-corrected chi connectivity index (χ1v) is 5.60. The number of rotatable bonds is 4. The van der Waals surface area contributed by atoms with Crippen LogP contribution in [0.3, 0.4) is 0 Å². The van der Waals surface area contributed by atoms with Gasteiger partial charge in [0.05, 0.1) is 7.11 Å². The maximum atomic E-state index is 13.4. The van der Waals surface area contributed by atoms with Crippen LogP contribution in [0.2, 0.25) is 0 Å². The summed E-state index contributed by atoms with van der Waals surface area (Å²) in [4.78, 5) is 13.0. The van der Waals surface area contributed by atoms with E-state index in [2.05, 4.69) is 0 Å². The predicted octanol–water partition coefficient (Wildman–Crippen LogP) is 2.42. The third-order valence-corrected chi connectivity index (χ3v) is 2.54. The van der Waals surface area contributed by atoms with E-state index >= 15 is 0 Å². The molecule has 0 aliphatic carbocycles. The monoisotopic (exact) mass is 259 g/mol. The van der Waals surface area contributed by atoms with Crippen LogP contribution >= 0.6 is 11.6 Å². The van der Waals surface area contributed by atoms with Gasteiger partial charge in [-0.15, -0.1) is 11.6 Å². The topological polar surface area (TPSA) is 29.5 Å². The lowest BCUT2D eigenvalue weighted by Gasteiger charge is -2.18. The fourth-order valence-corrected chi connectivity index (χ4v) is 1.63. The number of methoxy groups -OCH3 is 1. The van der Waals surface area contributed by atoms with Crippen molar-refractivity contribution in [1.82, 2.24) is 4.90 Å². The van der Waals surface area contributed by atoms with Crippen molar-refractivity contribution in [3.8, 4) is 5.75 Å². The number of amides is 1. The van der Waals surface area contributed by atoms with E-state index < -0.39 is 11.2 Å². The minimum absolute atomic E-state index is 0.188. The molecule has 0 radical (unpaired) electrons. The second-order valence-corrected chi connectivity index (χ2v) is 4.43. The van der Waals surface area contributed by atoms with E-state index in [9.17, 15) is 9.18 Å².